The van der Waals surface area contributed by atoms with Crippen LogP contribution in [-0.4, -0.2) is 16.4 Å². The smallest absolute Gasteiger partial charge is 0.0544 e. The first kappa shape index (κ1) is 12.6. The Kier molecular flexibility index (Phi) is 3.53. The SMILES string of the molecule is Nc1cccc2c1CN(Cc1ccc(Br)cn1)CC2. The third-order valence-corrected chi connectivity index (χ3v) is 4.03. The summed E-state index contributed by atoms with van der Waals surface area (Å²) in [6.45, 7) is 2.86. The molecule has 1 aromatic heterocycles. The Balaban J connectivity index is 1.75. The van der Waals surface area contributed by atoms with Crippen molar-refractivity contribution in [1.82, 2.24) is 9.88 Å². The first-order chi connectivity index (χ1) is 9.22. The molecule has 0 bridgehead atoms. The number of fused-ring (bicyclic) bond motifs is 1. The number of nitrogens with zero attached hydrogens (tertiary/aromatic N) is 2. The topological polar surface area (TPSA) is 42.1 Å². The number of hydrogen-bond acceptors (Lipinski definition) is 3. The molecular formula is C15H16BrN3. The number of nitrogens with two attached hydrogens (primary N) is 1. The molecule has 0 fully saturated rings. The maximum Gasteiger partial charge on any atom is 0.0544 e. The van der Waals surface area contributed by atoms with Crippen molar-refractivity contribution in [2.24, 2.45) is 0 Å². The lowest BCUT2D eigenvalue weighted by atomic mass is 9.98. The second-order valence-electron chi connectivity index (χ2n) is 4.91. The molecule has 0 amide bonds. The summed E-state index contributed by atoms with van der Waals surface area (Å²) in [6.07, 6.45) is 2.92. The molecule has 2 N–H and O–H groups in total. The minimum atomic E-state index is 0.876. The maximum absolute atomic E-state index is 6.07. The van der Waals surface area contributed by atoms with Crippen LogP contribution in [0.4, 0.5) is 5.69 Å². The highest BCUT2D eigenvalue weighted by atomic mass is 79.9. The summed E-state index contributed by atoms with van der Waals surface area (Å²) in [4.78, 5) is 6.83. The van der Waals surface area contributed by atoms with Gasteiger partial charge in [0, 0.05) is 36.0 Å². The van der Waals surface area contributed by atoms with E-state index in [1.807, 2.05) is 24.4 Å². The van der Waals surface area contributed by atoms with E-state index in [2.05, 4.69) is 37.9 Å². The fourth-order valence-electron chi connectivity index (χ4n) is 2.53. The lowest BCUT2D eigenvalue weighted by molar-refractivity contribution is 0.243. The fourth-order valence-corrected chi connectivity index (χ4v) is 2.76. The van der Waals surface area contributed by atoms with Crippen LogP contribution >= 0.6 is 15.9 Å². The van der Waals surface area contributed by atoms with Gasteiger partial charge in [0.05, 0.1) is 5.69 Å². The van der Waals surface area contributed by atoms with Crippen molar-refractivity contribution in [1.29, 1.82) is 0 Å². The molecule has 4 heteroatoms. The molecule has 0 atom stereocenters. The summed E-state index contributed by atoms with van der Waals surface area (Å²) < 4.78 is 1.02. The predicted molar refractivity (Wildman–Crippen MR) is 80.6 cm³/mol. The van der Waals surface area contributed by atoms with Gasteiger partial charge in [-0.2, -0.15) is 0 Å². The van der Waals surface area contributed by atoms with E-state index in [0.29, 0.717) is 0 Å². The first-order valence-electron chi connectivity index (χ1n) is 6.41. The van der Waals surface area contributed by atoms with Crippen LogP contribution in [0.5, 0.6) is 0 Å². The number of aromatic nitrogens is 1. The highest BCUT2D eigenvalue weighted by molar-refractivity contribution is 9.10. The number of pyridine rings is 1. The summed E-state index contributed by atoms with van der Waals surface area (Å²) in [5.74, 6) is 0. The number of nitrogen functional groups attached to an aromatic ring is 1. The summed E-state index contributed by atoms with van der Waals surface area (Å²) in [5.41, 5.74) is 10.7. The monoisotopic (exact) mass is 317 g/mol. The van der Waals surface area contributed by atoms with Crippen molar-refractivity contribution >= 4 is 21.6 Å². The van der Waals surface area contributed by atoms with Gasteiger partial charge in [0.1, 0.15) is 0 Å². The number of hydrogen-bond donors (Lipinski definition) is 1. The third kappa shape index (κ3) is 2.80. The molecule has 98 valence electrons. The van der Waals surface area contributed by atoms with E-state index in [1.165, 1.54) is 11.1 Å². The van der Waals surface area contributed by atoms with Crippen LogP contribution in [0, 0.1) is 0 Å². The summed E-state index contributed by atoms with van der Waals surface area (Å²) in [6, 6.07) is 10.3. The molecular weight excluding hydrogens is 302 g/mol. The molecule has 2 heterocycles. The van der Waals surface area contributed by atoms with Gasteiger partial charge in [-0.15, -0.1) is 0 Å². The van der Waals surface area contributed by atoms with E-state index in [1.54, 1.807) is 0 Å². The number of anilines is 1. The predicted octanol–water partition coefficient (Wildman–Crippen LogP) is 2.98. The van der Waals surface area contributed by atoms with E-state index in [9.17, 15) is 0 Å². The lowest BCUT2D eigenvalue weighted by Crippen LogP contribution is -2.30. The van der Waals surface area contributed by atoms with Crippen molar-refractivity contribution in [3.05, 3.63) is 57.8 Å². The Bertz CT molecular complexity index is 580. The van der Waals surface area contributed by atoms with E-state index >= 15 is 0 Å². The number of halogens is 1. The summed E-state index contributed by atoms with van der Waals surface area (Å²) >= 11 is 3.41. The van der Waals surface area contributed by atoms with E-state index in [4.69, 9.17) is 5.73 Å². The van der Waals surface area contributed by atoms with Crippen LogP contribution in [0.2, 0.25) is 0 Å². The van der Waals surface area contributed by atoms with Gasteiger partial charge in [-0.3, -0.25) is 9.88 Å². The van der Waals surface area contributed by atoms with Gasteiger partial charge in [0.25, 0.3) is 0 Å². The van der Waals surface area contributed by atoms with Gasteiger partial charge < -0.3 is 5.73 Å². The largest absolute Gasteiger partial charge is 0.398 e. The van der Waals surface area contributed by atoms with Crippen LogP contribution in [0.25, 0.3) is 0 Å². The Morgan fingerprint density at radius 3 is 2.95 bits per heavy atom. The van der Waals surface area contributed by atoms with Gasteiger partial charge in [-0.25, -0.2) is 0 Å². The second-order valence-corrected chi connectivity index (χ2v) is 5.83. The standard InChI is InChI=1S/C15H16BrN3/c16-12-4-5-13(18-8-12)9-19-7-6-11-2-1-3-15(17)14(11)10-19/h1-5,8H,6-7,9-10,17H2. The van der Waals surface area contributed by atoms with Gasteiger partial charge >= 0.3 is 0 Å². The van der Waals surface area contributed by atoms with Crippen molar-refractivity contribution in [2.45, 2.75) is 19.5 Å². The molecule has 3 nitrogen and oxygen atoms in total. The molecule has 2 aromatic rings. The molecule has 0 aliphatic carbocycles. The normalized spacial score (nSPS) is 15.2. The van der Waals surface area contributed by atoms with Crippen molar-refractivity contribution in [3.8, 4) is 0 Å². The first-order valence-corrected chi connectivity index (χ1v) is 7.21. The van der Waals surface area contributed by atoms with Crippen LogP contribution < -0.4 is 5.73 Å². The molecule has 3 rings (SSSR count). The quantitative estimate of drug-likeness (QED) is 0.866. The Morgan fingerprint density at radius 1 is 1.26 bits per heavy atom. The molecule has 19 heavy (non-hydrogen) atoms. The summed E-state index contributed by atoms with van der Waals surface area (Å²) in [7, 11) is 0. The molecule has 0 spiro atoms. The van der Waals surface area contributed by atoms with Crippen molar-refractivity contribution in [3.63, 3.8) is 0 Å². The number of rotatable bonds is 2. The zero-order chi connectivity index (χ0) is 13.2. The van der Waals surface area contributed by atoms with Gasteiger partial charge in [-0.1, -0.05) is 12.1 Å². The van der Waals surface area contributed by atoms with Crippen molar-refractivity contribution in [2.75, 3.05) is 12.3 Å². The molecule has 0 saturated carbocycles. The van der Waals surface area contributed by atoms with Gasteiger partial charge in [-0.05, 0) is 51.7 Å². The summed E-state index contributed by atoms with van der Waals surface area (Å²) in [5, 5.41) is 0. The van der Waals surface area contributed by atoms with Crippen LogP contribution in [-0.2, 0) is 19.5 Å². The van der Waals surface area contributed by atoms with Gasteiger partial charge in [0.2, 0.25) is 0 Å². The average Bonchev–Trinajstić information content (AvgIpc) is 2.42. The Hall–Kier alpha value is -1.39. The van der Waals surface area contributed by atoms with E-state index in [-0.39, 0.29) is 0 Å². The average molecular weight is 318 g/mol. The zero-order valence-electron chi connectivity index (χ0n) is 10.6. The molecule has 0 unspecified atom stereocenters. The van der Waals surface area contributed by atoms with E-state index in [0.717, 1.165) is 41.9 Å². The molecule has 1 aromatic carbocycles. The Labute approximate surface area is 121 Å². The minimum Gasteiger partial charge on any atom is -0.398 e. The minimum absolute atomic E-state index is 0.876. The Morgan fingerprint density at radius 2 is 2.16 bits per heavy atom. The lowest BCUT2D eigenvalue weighted by Gasteiger charge is -2.29. The number of benzene rings is 1. The maximum atomic E-state index is 6.07. The molecule has 1 aliphatic heterocycles. The second kappa shape index (κ2) is 5.31. The molecule has 0 saturated heterocycles. The van der Waals surface area contributed by atoms with Crippen LogP contribution in [0.15, 0.2) is 41.0 Å². The van der Waals surface area contributed by atoms with Crippen LogP contribution in [0.3, 0.4) is 0 Å². The zero-order valence-corrected chi connectivity index (χ0v) is 12.2. The fraction of sp³-hybridized carbons (Fsp3) is 0.267. The van der Waals surface area contributed by atoms with E-state index < -0.39 is 0 Å². The molecule has 1 aliphatic rings. The van der Waals surface area contributed by atoms with Crippen LogP contribution in [0.1, 0.15) is 16.8 Å². The highest BCUT2D eigenvalue weighted by Gasteiger charge is 2.18. The highest BCUT2D eigenvalue weighted by Crippen LogP contribution is 2.25. The van der Waals surface area contributed by atoms with Crippen molar-refractivity contribution < 1.29 is 0 Å². The third-order valence-electron chi connectivity index (χ3n) is 3.56. The van der Waals surface area contributed by atoms with Gasteiger partial charge in [0.15, 0.2) is 0 Å². The molecule has 0 radical (unpaired) electrons.